The highest BCUT2D eigenvalue weighted by atomic mass is 16.5. The lowest BCUT2D eigenvalue weighted by Crippen LogP contribution is -2.38. The highest BCUT2D eigenvalue weighted by molar-refractivity contribution is 5.98. The first-order valence-electron chi connectivity index (χ1n) is 8.61. The average molecular weight is 331 g/mol. The summed E-state index contributed by atoms with van der Waals surface area (Å²) < 4.78 is 15.6. The van der Waals surface area contributed by atoms with Crippen LogP contribution in [0, 0.1) is 0 Å². The Morgan fingerprint density at radius 1 is 1.04 bits per heavy atom. The molecule has 2 aliphatic rings. The molecular formula is C18H27N4O2+. The van der Waals surface area contributed by atoms with Crippen LogP contribution in [0.15, 0.2) is 18.2 Å². The van der Waals surface area contributed by atoms with Crippen LogP contribution in [0.4, 0.5) is 5.69 Å². The second-order valence-corrected chi connectivity index (χ2v) is 6.27. The number of rotatable bonds is 3. The Hall–Kier alpha value is -2.33. The van der Waals surface area contributed by atoms with Gasteiger partial charge in [0.15, 0.2) is 11.5 Å². The molecule has 0 atom stereocenters. The van der Waals surface area contributed by atoms with E-state index in [1.54, 1.807) is 14.2 Å². The van der Waals surface area contributed by atoms with E-state index >= 15 is 0 Å². The second-order valence-electron chi connectivity index (χ2n) is 6.27. The molecule has 2 aliphatic heterocycles. The molecule has 0 bridgehead atoms. The monoisotopic (exact) mass is 331 g/mol. The molecule has 6 nitrogen and oxygen atoms in total. The Balaban J connectivity index is 1.91. The summed E-state index contributed by atoms with van der Waals surface area (Å²) in [6.45, 7) is 3.19. The van der Waals surface area contributed by atoms with Crippen molar-refractivity contribution in [2.24, 2.45) is 0 Å². The van der Waals surface area contributed by atoms with Crippen LogP contribution in [0.3, 0.4) is 0 Å². The number of anilines is 1. The molecule has 24 heavy (non-hydrogen) atoms. The number of benzene rings is 1. The standard InChI is InChI=1S/C18H26N4O2/c1-21-10-6-7-17(21)20-18(22-11-4-5-12-22)19-14-8-9-15(23-2)16(13-14)24-3/h8-9,13H,4-7,10-12H2,1-3H3/p+1. The van der Waals surface area contributed by atoms with Crippen LogP contribution in [0.25, 0.3) is 0 Å². The molecular weight excluding hydrogens is 304 g/mol. The molecule has 0 saturated carbocycles. The van der Waals surface area contributed by atoms with Crippen molar-refractivity contribution in [3.63, 3.8) is 0 Å². The van der Waals surface area contributed by atoms with Crippen molar-refractivity contribution in [3.8, 4) is 11.5 Å². The zero-order valence-electron chi connectivity index (χ0n) is 14.8. The van der Waals surface area contributed by atoms with Crippen LogP contribution in [0.2, 0.25) is 0 Å². The molecule has 0 aliphatic carbocycles. The van der Waals surface area contributed by atoms with E-state index in [1.807, 2.05) is 18.2 Å². The summed E-state index contributed by atoms with van der Waals surface area (Å²) >= 11 is 0. The molecule has 1 aromatic rings. The molecule has 2 fully saturated rings. The van der Waals surface area contributed by atoms with Crippen molar-refractivity contribution in [1.29, 1.82) is 0 Å². The van der Waals surface area contributed by atoms with Gasteiger partial charge in [-0.15, -0.1) is 0 Å². The minimum atomic E-state index is 0.717. The maximum atomic E-state index is 5.40. The lowest BCUT2D eigenvalue weighted by atomic mass is 10.2. The molecule has 2 saturated heterocycles. The van der Waals surface area contributed by atoms with Gasteiger partial charge in [0.25, 0.3) is 5.84 Å². The maximum absolute atomic E-state index is 5.40. The largest absolute Gasteiger partial charge is 0.493 e. The van der Waals surface area contributed by atoms with Crippen LogP contribution < -0.4 is 19.5 Å². The van der Waals surface area contributed by atoms with E-state index in [0.717, 1.165) is 49.3 Å². The van der Waals surface area contributed by atoms with Gasteiger partial charge in [-0.2, -0.15) is 0 Å². The fourth-order valence-corrected chi connectivity index (χ4v) is 3.21. The number of methoxy groups -OCH3 is 2. The Morgan fingerprint density at radius 3 is 2.42 bits per heavy atom. The van der Waals surface area contributed by atoms with Crippen LogP contribution >= 0.6 is 0 Å². The zero-order valence-corrected chi connectivity index (χ0v) is 14.8. The summed E-state index contributed by atoms with van der Waals surface area (Å²) in [5.74, 6) is 3.54. The molecule has 2 heterocycles. The number of ether oxygens (including phenoxy) is 2. The van der Waals surface area contributed by atoms with Crippen molar-refractivity contribution in [2.45, 2.75) is 25.7 Å². The van der Waals surface area contributed by atoms with E-state index in [1.165, 1.54) is 19.3 Å². The third-order valence-corrected chi connectivity index (χ3v) is 4.61. The van der Waals surface area contributed by atoms with Gasteiger partial charge in [0, 0.05) is 19.5 Å². The number of guanidine groups is 1. The molecule has 0 amide bonds. The van der Waals surface area contributed by atoms with E-state index in [4.69, 9.17) is 14.1 Å². The predicted octanol–water partition coefficient (Wildman–Crippen LogP) is 1.76. The SMILES string of the molecule is COc1ccc(NC(=[N+]=C2CCCN2C)N2CCCC2)cc1OC. The van der Waals surface area contributed by atoms with Gasteiger partial charge in [-0.05, 0) is 31.4 Å². The molecule has 3 rings (SSSR count). The van der Waals surface area contributed by atoms with Gasteiger partial charge in [0.1, 0.15) is 0 Å². The lowest BCUT2D eigenvalue weighted by molar-refractivity contribution is 0.355. The van der Waals surface area contributed by atoms with Crippen LogP contribution in [0.5, 0.6) is 11.5 Å². The summed E-state index contributed by atoms with van der Waals surface area (Å²) in [6, 6.07) is 5.86. The molecule has 0 unspecified atom stereocenters. The summed E-state index contributed by atoms with van der Waals surface area (Å²) in [6.07, 6.45) is 4.66. The Kier molecular flexibility index (Phi) is 5.16. The van der Waals surface area contributed by atoms with E-state index in [9.17, 15) is 0 Å². The number of nitrogens with zero attached hydrogens (tertiary/aromatic N) is 3. The summed E-state index contributed by atoms with van der Waals surface area (Å²) in [5, 5.41) is 3.49. The normalized spacial score (nSPS) is 17.0. The molecule has 0 radical (unpaired) electrons. The Morgan fingerprint density at radius 2 is 1.79 bits per heavy atom. The fourth-order valence-electron chi connectivity index (χ4n) is 3.21. The Labute approximate surface area is 143 Å². The van der Waals surface area contributed by atoms with Gasteiger partial charge in [-0.25, -0.2) is 4.67 Å². The number of nitrogens with one attached hydrogen (secondary N) is 1. The van der Waals surface area contributed by atoms with E-state index in [2.05, 4.69) is 22.2 Å². The van der Waals surface area contributed by atoms with Gasteiger partial charge in [0.05, 0.1) is 39.5 Å². The van der Waals surface area contributed by atoms with Crippen LogP contribution in [-0.4, -0.2) is 62.5 Å². The van der Waals surface area contributed by atoms with Gasteiger partial charge in [0.2, 0.25) is 0 Å². The van der Waals surface area contributed by atoms with Gasteiger partial charge in [-0.1, -0.05) is 0 Å². The zero-order chi connectivity index (χ0) is 16.9. The maximum Gasteiger partial charge on any atom is 0.401 e. The van der Waals surface area contributed by atoms with Crippen molar-refractivity contribution in [3.05, 3.63) is 18.2 Å². The van der Waals surface area contributed by atoms with E-state index in [0.29, 0.717) is 5.75 Å². The van der Waals surface area contributed by atoms with E-state index < -0.39 is 0 Å². The predicted molar refractivity (Wildman–Crippen MR) is 98.0 cm³/mol. The lowest BCUT2D eigenvalue weighted by Gasteiger charge is -2.14. The first-order chi connectivity index (χ1) is 11.7. The third-order valence-electron chi connectivity index (χ3n) is 4.61. The average Bonchev–Trinajstić information content (AvgIpc) is 3.26. The highest BCUT2D eigenvalue weighted by Crippen LogP contribution is 2.29. The number of hydrogen-bond donors (Lipinski definition) is 1. The molecule has 0 spiro atoms. The first-order valence-corrected chi connectivity index (χ1v) is 8.61. The summed E-state index contributed by atoms with van der Waals surface area (Å²) in [4.78, 5) is 4.57. The van der Waals surface area contributed by atoms with Crippen molar-refractivity contribution in [1.82, 2.24) is 14.5 Å². The third kappa shape index (κ3) is 3.60. The fraction of sp³-hybridized carbons (Fsp3) is 0.556. The second kappa shape index (κ2) is 7.49. The molecule has 130 valence electrons. The van der Waals surface area contributed by atoms with Crippen molar-refractivity contribution in [2.75, 3.05) is 46.2 Å². The Bertz CT molecular complexity index is 646. The van der Waals surface area contributed by atoms with Gasteiger partial charge < -0.3 is 14.4 Å². The molecule has 1 N–H and O–H groups in total. The van der Waals surface area contributed by atoms with Crippen molar-refractivity contribution < 1.29 is 9.47 Å². The molecule has 1 aromatic carbocycles. The number of hydrogen-bond acceptors (Lipinski definition) is 2. The van der Waals surface area contributed by atoms with Gasteiger partial charge in [-0.3, -0.25) is 10.2 Å². The molecule has 6 heteroatoms. The topological polar surface area (TPSA) is 51.1 Å². The van der Waals surface area contributed by atoms with Crippen LogP contribution in [0.1, 0.15) is 25.7 Å². The van der Waals surface area contributed by atoms with E-state index in [-0.39, 0.29) is 0 Å². The highest BCUT2D eigenvalue weighted by Gasteiger charge is 2.26. The molecule has 0 aromatic heterocycles. The number of amidine groups is 1. The van der Waals surface area contributed by atoms with Gasteiger partial charge >= 0.3 is 5.96 Å². The quantitative estimate of drug-likeness (QED) is 0.520. The first kappa shape index (κ1) is 16.5. The van der Waals surface area contributed by atoms with Crippen LogP contribution in [-0.2, 0) is 0 Å². The summed E-state index contributed by atoms with van der Waals surface area (Å²) in [5.41, 5.74) is 0.958. The summed E-state index contributed by atoms with van der Waals surface area (Å²) in [7, 11) is 5.42. The number of likely N-dealkylation sites (tertiary alicyclic amines) is 2. The van der Waals surface area contributed by atoms with Crippen molar-refractivity contribution >= 4 is 17.5 Å². The minimum Gasteiger partial charge on any atom is -0.493 e. The minimum absolute atomic E-state index is 0.717. The smallest absolute Gasteiger partial charge is 0.401 e.